The number of Topliss-reactive ketones (excluding diaryl/α,β-unsaturated/α-hetero) is 1. The number of aromatic nitrogens is 3. The van der Waals surface area contributed by atoms with E-state index < -0.39 is 0 Å². The standard InChI is InChI=1S/C21H25ClN4OS/c1-4-5-10-28-20-24-19-23-15-11-21(2,3)12-16(27)17(15)18(26(19)25-20)13-8-6-7-9-14(13)22/h6-9,18H,4-5,10-12H2,1-3H3,(H,23,24,25)/t18-/m1/s1. The Labute approximate surface area is 174 Å². The van der Waals surface area contributed by atoms with E-state index in [2.05, 4.69) is 26.1 Å². The van der Waals surface area contributed by atoms with Crippen LogP contribution in [0.25, 0.3) is 0 Å². The van der Waals surface area contributed by atoms with E-state index in [1.54, 1.807) is 11.8 Å². The summed E-state index contributed by atoms with van der Waals surface area (Å²) in [4.78, 5) is 17.9. The fourth-order valence-electron chi connectivity index (χ4n) is 3.94. The van der Waals surface area contributed by atoms with Crippen molar-refractivity contribution < 1.29 is 4.79 Å². The second-order valence-electron chi connectivity index (χ2n) is 8.25. The van der Waals surface area contributed by atoms with Crippen molar-refractivity contribution in [3.05, 3.63) is 46.1 Å². The Hall–Kier alpha value is -1.79. The number of fused-ring (bicyclic) bond motifs is 1. The van der Waals surface area contributed by atoms with Crippen molar-refractivity contribution in [3.63, 3.8) is 0 Å². The number of anilines is 1. The maximum Gasteiger partial charge on any atom is 0.227 e. The molecule has 1 aliphatic carbocycles. The maximum absolute atomic E-state index is 13.2. The lowest BCUT2D eigenvalue weighted by Gasteiger charge is -2.38. The molecule has 148 valence electrons. The lowest BCUT2D eigenvalue weighted by atomic mass is 9.73. The normalized spacial score (nSPS) is 20.6. The minimum absolute atomic E-state index is 0.0746. The van der Waals surface area contributed by atoms with Gasteiger partial charge < -0.3 is 5.32 Å². The van der Waals surface area contributed by atoms with Gasteiger partial charge in [0.1, 0.15) is 6.04 Å². The third-order valence-electron chi connectivity index (χ3n) is 5.24. The van der Waals surface area contributed by atoms with Gasteiger partial charge in [-0.3, -0.25) is 4.79 Å². The van der Waals surface area contributed by atoms with Crippen LogP contribution in [0, 0.1) is 5.41 Å². The molecule has 0 amide bonds. The first-order valence-electron chi connectivity index (χ1n) is 9.76. The van der Waals surface area contributed by atoms with E-state index in [-0.39, 0.29) is 17.2 Å². The number of allylic oxidation sites excluding steroid dienone is 2. The molecule has 2 heterocycles. The van der Waals surface area contributed by atoms with E-state index in [0.29, 0.717) is 17.4 Å². The van der Waals surface area contributed by atoms with Crippen LogP contribution in [-0.4, -0.2) is 26.3 Å². The smallest absolute Gasteiger partial charge is 0.227 e. The Morgan fingerprint density at radius 3 is 2.86 bits per heavy atom. The van der Waals surface area contributed by atoms with Crippen molar-refractivity contribution in [1.29, 1.82) is 0 Å². The molecule has 0 radical (unpaired) electrons. The molecular formula is C21H25ClN4OS. The molecule has 2 aromatic rings. The van der Waals surface area contributed by atoms with Crippen LogP contribution in [0.15, 0.2) is 40.7 Å². The van der Waals surface area contributed by atoms with Crippen molar-refractivity contribution in [2.75, 3.05) is 11.1 Å². The number of carbonyl (C=O) groups is 1. The highest BCUT2D eigenvalue weighted by atomic mass is 35.5. The number of nitrogens with zero attached hydrogens (tertiary/aromatic N) is 3. The van der Waals surface area contributed by atoms with Gasteiger partial charge in [-0.15, -0.1) is 5.10 Å². The van der Waals surface area contributed by atoms with Gasteiger partial charge >= 0.3 is 0 Å². The van der Waals surface area contributed by atoms with E-state index >= 15 is 0 Å². The van der Waals surface area contributed by atoms with Gasteiger partial charge in [0, 0.05) is 34.0 Å². The van der Waals surface area contributed by atoms with Crippen LogP contribution < -0.4 is 5.32 Å². The Balaban J connectivity index is 1.81. The van der Waals surface area contributed by atoms with E-state index in [0.717, 1.165) is 47.0 Å². The largest absolute Gasteiger partial charge is 0.328 e. The fraction of sp³-hybridized carbons (Fsp3) is 0.476. The Bertz CT molecular complexity index is 950. The van der Waals surface area contributed by atoms with Gasteiger partial charge in [0.25, 0.3) is 0 Å². The highest BCUT2D eigenvalue weighted by Crippen LogP contribution is 2.46. The maximum atomic E-state index is 13.2. The molecule has 1 aromatic heterocycles. The average molecular weight is 417 g/mol. The molecule has 4 rings (SSSR count). The van der Waals surface area contributed by atoms with Crippen molar-refractivity contribution in [2.45, 2.75) is 57.7 Å². The van der Waals surface area contributed by atoms with Gasteiger partial charge in [0.05, 0.1) is 0 Å². The minimum atomic E-state index is -0.337. The molecule has 0 fully saturated rings. The van der Waals surface area contributed by atoms with Gasteiger partial charge in [-0.25, -0.2) is 4.68 Å². The predicted octanol–water partition coefficient (Wildman–Crippen LogP) is 5.48. The molecule has 28 heavy (non-hydrogen) atoms. The molecule has 0 spiro atoms. The lowest BCUT2D eigenvalue weighted by molar-refractivity contribution is -0.118. The minimum Gasteiger partial charge on any atom is -0.328 e. The van der Waals surface area contributed by atoms with Crippen molar-refractivity contribution >= 4 is 35.1 Å². The molecule has 7 heteroatoms. The zero-order valence-corrected chi connectivity index (χ0v) is 18.0. The highest BCUT2D eigenvalue weighted by molar-refractivity contribution is 7.99. The first-order chi connectivity index (χ1) is 13.4. The van der Waals surface area contributed by atoms with Crippen LogP contribution >= 0.6 is 23.4 Å². The average Bonchev–Trinajstić information content (AvgIpc) is 3.02. The summed E-state index contributed by atoms with van der Waals surface area (Å²) in [6.07, 6.45) is 3.59. The third kappa shape index (κ3) is 3.60. The zero-order valence-electron chi connectivity index (χ0n) is 16.5. The first kappa shape index (κ1) is 19.5. The number of halogens is 1. The summed E-state index contributed by atoms with van der Waals surface area (Å²) < 4.78 is 1.84. The molecule has 1 aliphatic heterocycles. The van der Waals surface area contributed by atoms with Crippen LogP contribution in [0.2, 0.25) is 5.02 Å². The number of thioether (sulfide) groups is 1. The Morgan fingerprint density at radius 1 is 1.32 bits per heavy atom. The Morgan fingerprint density at radius 2 is 2.11 bits per heavy atom. The number of hydrogen-bond acceptors (Lipinski definition) is 5. The number of benzene rings is 1. The van der Waals surface area contributed by atoms with Crippen LogP contribution in [0.1, 0.15) is 58.1 Å². The summed E-state index contributed by atoms with van der Waals surface area (Å²) in [6.45, 7) is 6.44. The highest BCUT2D eigenvalue weighted by Gasteiger charge is 2.42. The number of rotatable bonds is 5. The van der Waals surface area contributed by atoms with Gasteiger partial charge in [0.15, 0.2) is 5.78 Å². The second-order valence-corrected chi connectivity index (χ2v) is 9.72. The summed E-state index contributed by atoms with van der Waals surface area (Å²) in [5.74, 6) is 1.83. The molecule has 0 unspecified atom stereocenters. The zero-order chi connectivity index (χ0) is 19.9. The van der Waals surface area contributed by atoms with Crippen molar-refractivity contribution in [1.82, 2.24) is 14.8 Å². The lowest BCUT2D eigenvalue weighted by Crippen LogP contribution is -2.36. The monoisotopic (exact) mass is 416 g/mol. The second kappa shape index (κ2) is 7.56. The van der Waals surface area contributed by atoms with Gasteiger partial charge in [-0.1, -0.05) is 68.8 Å². The van der Waals surface area contributed by atoms with Crippen LogP contribution in [0.3, 0.4) is 0 Å². The van der Waals surface area contributed by atoms with E-state index in [1.807, 2.05) is 28.9 Å². The summed E-state index contributed by atoms with van der Waals surface area (Å²) in [5, 5.41) is 9.53. The number of hydrogen-bond donors (Lipinski definition) is 1. The summed E-state index contributed by atoms with van der Waals surface area (Å²) in [7, 11) is 0. The van der Waals surface area contributed by atoms with E-state index in [4.69, 9.17) is 21.7 Å². The van der Waals surface area contributed by atoms with E-state index in [1.165, 1.54) is 0 Å². The molecule has 1 atom stereocenters. The quantitative estimate of drug-likeness (QED) is 0.516. The van der Waals surface area contributed by atoms with Crippen LogP contribution in [0.5, 0.6) is 0 Å². The topological polar surface area (TPSA) is 59.8 Å². The Kier molecular flexibility index (Phi) is 5.27. The van der Waals surface area contributed by atoms with Gasteiger partial charge in [-0.05, 0) is 24.3 Å². The number of carbonyl (C=O) groups excluding carboxylic acids is 1. The summed E-state index contributed by atoms with van der Waals surface area (Å²) in [5.41, 5.74) is 2.54. The fourth-order valence-corrected chi connectivity index (χ4v) is 5.09. The predicted molar refractivity (Wildman–Crippen MR) is 114 cm³/mol. The summed E-state index contributed by atoms with van der Waals surface area (Å²) in [6, 6.07) is 7.36. The number of ketones is 1. The first-order valence-corrected chi connectivity index (χ1v) is 11.1. The third-order valence-corrected chi connectivity index (χ3v) is 6.51. The molecule has 0 bridgehead atoms. The molecule has 2 aliphatic rings. The molecule has 0 saturated carbocycles. The molecule has 1 aromatic carbocycles. The van der Waals surface area contributed by atoms with Crippen LogP contribution in [0.4, 0.5) is 5.95 Å². The van der Waals surface area contributed by atoms with Crippen molar-refractivity contribution in [3.8, 4) is 0 Å². The molecule has 1 N–H and O–H groups in total. The van der Waals surface area contributed by atoms with Crippen LogP contribution in [-0.2, 0) is 4.79 Å². The molecular weight excluding hydrogens is 392 g/mol. The van der Waals surface area contributed by atoms with Crippen molar-refractivity contribution in [2.24, 2.45) is 5.41 Å². The SMILES string of the molecule is CCCCSc1nc2n(n1)[C@H](c1ccccc1Cl)C1=C(CC(C)(C)CC1=O)N2. The molecule has 0 saturated heterocycles. The molecule has 5 nitrogen and oxygen atoms in total. The summed E-state index contributed by atoms with van der Waals surface area (Å²) >= 11 is 8.20. The van der Waals surface area contributed by atoms with E-state index in [9.17, 15) is 4.79 Å². The van der Waals surface area contributed by atoms with Gasteiger partial charge in [0.2, 0.25) is 11.1 Å². The number of nitrogens with one attached hydrogen (secondary N) is 1. The van der Waals surface area contributed by atoms with Gasteiger partial charge in [-0.2, -0.15) is 4.98 Å². The number of unbranched alkanes of at least 4 members (excludes halogenated alkanes) is 1.